The Bertz CT molecular complexity index is 2210. The van der Waals surface area contributed by atoms with E-state index >= 15 is 0 Å². The van der Waals surface area contributed by atoms with Gasteiger partial charge in [0.15, 0.2) is 0 Å². The minimum absolute atomic E-state index is 0.371. The van der Waals surface area contributed by atoms with Crippen molar-refractivity contribution >= 4 is 22.6 Å². The van der Waals surface area contributed by atoms with Gasteiger partial charge in [0.1, 0.15) is 0 Å². The van der Waals surface area contributed by atoms with Gasteiger partial charge in [-0.05, 0) is 74.9 Å². The fourth-order valence-electron chi connectivity index (χ4n) is 8.02. The second-order valence-corrected chi connectivity index (χ2v) is 12.3. The molecule has 1 heterocycles. The lowest BCUT2D eigenvalue weighted by Crippen LogP contribution is -2.26. The van der Waals surface area contributed by atoms with Gasteiger partial charge in [0.25, 0.3) is 0 Å². The van der Waals surface area contributed by atoms with Crippen LogP contribution in [0.3, 0.4) is 0 Å². The molecule has 0 amide bonds. The summed E-state index contributed by atoms with van der Waals surface area (Å²) in [6, 6.07) is 52.9. The molecule has 2 aliphatic carbocycles. The summed E-state index contributed by atoms with van der Waals surface area (Å²) in [4.78, 5) is 4.63. The van der Waals surface area contributed by atoms with Crippen molar-refractivity contribution in [3.8, 4) is 22.3 Å². The van der Waals surface area contributed by atoms with Crippen LogP contribution in [-0.2, 0) is 5.41 Å². The van der Waals surface area contributed by atoms with Gasteiger partial charge in [-0.2, -0.15) is 0 Å². The van der Waals surface area contributed by atoms with Gasteiger partial charge in [-0.25, -0.2) is 0 Å². The first-order valence-corrected chi connectivity index (χ1v) is 15.9. The van der Waals surface area contributed by atoms with Crippen molar-refractivity contribution in [3.05, 3.63) is 204 Å². The van der Waals surface area contributed by atoms with Gasteiger partial charge in [0, 0.05) is 35.7 Å². The van der Waals surface area contributed by atoms with Gasteiger partial charge in [-0.3, -0.25) is 0 Å². The number of nitrogens with zero attached hydrogens (tertiary/aromatic N) is 2. The summed E-state index contributed by atoms with van der Waals surface area (Å²) >= 11 is 0. The van der Waals surface area contributed by atoms with Crippen LogP contribution in [0.15, 0.2) is 176 Å². The third kappa shape index (κ3) is 3.59. The molecule has 0 radical (unpaired) electrons. The van der Waals surface area contributed by atoms with E-state index in [0.29, 0.717) is 0 Å². The molecule has 0 aromatic heterocycles. The number of allylic oxidation sites excluding steroid dienone is 3. The molecule has 0 saturated heterocycles. The Morgan fingerprint density at radius 1 is 0.522 bits per heavy atom. The van der Waals surface area contributed by atoms with Crippen LogP contribution in [0.2, 0.25) is 0 Å². The number of anilines is 3. The summed E-state index contributed by atoms with van der Waals surface area (Å²) in [6.07, 6.45) is 6.60. The van der Waals surface area contributed by atoms with E-state index in [9.17, 15) is 0 Å². The molecule has 0 N–H and O–H groups in total. The molecule has 1 spiro atoms. The molecule has 0 saturated carbocycles. The van der Waals surface area contributed by atoms with Crippen LogP contribution in [0, 0.1) is 0 Å². The maximum Gasteiger partial charge on any atom is 0.0726 e. The predicted octanol–water partition coefficient (Wildman–Crippen LogP) is 10.7. The zero-order valence-corrected chi connectivity index (χ0v) is 25.7. The van der Waals surface area contributed by atoms with Crippen LogP contribution in [0.5, 0.6) is 0 Å². The van der Waals surface area contributed by atoms with Crippen molar-refractivity contribution in [2.45, 2.75) is 5.41 Å². The quantitative estimate of drug-likeness (QED) is 0.203. The van der Waals surface area contributed by atoms with Crippen LogP contribution < -0.4 is 9.80 Å². The summed E-state index contributed by atoms with van der Waals surface area (Å²) in [5.74, 6) is 0. The summed E-state index contributed by atoms with van der Waals surface area (Å²) in [6.45, 7) is 4.47. The van der Waals surface area contributed by atoms with Crippen LogP contribution in [0.4, 0.5) is 17.1 Å². The Labute approximate surface area is 270 Å². The fraction of sp³-hybridized carbons (Fsp3) is 0.0455. The standard InChI is InChI=1S/C44H32N2/c1-30-27-28-32(29-46(31-15-4-3-5-16-31)41-25-13-9-17-33(30)41)45(2)42-26-14-24-40-43(42)36-20-8-12-23-39(36)44(40)37-21-10-6-18-34(37)35-19-7-11-22-38(35)44/h3-29H,1H2,2H3/b28-27-,32-29+. The molecule has 9 rings (SSSR count). The highest BCUT2D eigenvalue weighted by Crippen LogP contribution is 2.64. The zero-order valence-electron chi connectivity index (χ0n) is 25.7. The molecule has 0 fully saturated rings. The molecule has 3 aliphatic rings. The van der Waals surface area contributed by atoms with Crippen LogP contribution in [0.1, 0.15) is 27.8 Å². The average molecular weight is 589 g/mol. The van der Waals surface area contributed by atoms with E-state index in [2.05, 4.69) is 187 Å². The molecule has 218 valence electrons. The van der Waals surface area contributed by atoms with Crippen molar-refractivity contribution in [1.29, 1.82) is 0 Å². The monoisotopic (exact) mass is 588 g/mol. The van der Waals surface area contributed by atoms with Crippen LogP contribution >= 0.6 is 0 Å². The zero-order chi connectivity index (χ0) is 30.8. The lowest BCUT2D eigenvalue weighted by molar-refractivity contribution is 0.793. The third-order valence-corrected chi connectivity index (χ3v) is 10.0. The lowest BCUT2D eigenvalue weighted by Gasteiger charge is -2.32. The SMILES string of the molecule is C=C1/C=C\C(N(C)c2cccc3c2-c2ccccc2C32c3ccccc3-c3ccccc32)=C/N(c2ccccc2)c2ccccc21. The molecule has 2 nitrogen and oxygen atoms in total. The first-order chi connectivity index (χ1) is 22.7. The van der Waals surface area contributed by atoms with Crippen molar-refractivity contribution in [2.24, 2.45) is 0 Å². The Kier molecular flexibility index (Phi) is 5.82. The van der Waals surface area contributed by atoms with E-state index in [0.717, 1.165) is 28.2 Å². The molecule has 2 heteroatoms. The Morgan fingerprint density at radius 2 is 1.07 bits per heavy atom. The van der Waals surface area contributed by atoms with Gasteiger partial charge in [0.05, 0.1) is 16.8 Å². The predicted molar refractivity (Wildman–Crippen MR) is 192 cm³/mol. The minimum Gasteiger partial charge on any atom is -0.343 e. The second kappa shape index (κ2) is 10.1. The van der Waals surface area contributed by atoms with Gasteiger partial charge in [-0.1, -0.05) is 134 Å². The van der Waals surface area contributed by atoms with E-state index in [1.165, 1.54) is 50.2 Å². The molecular formula is C44H32N2. The minimum atomic E-state index is -0.371. The average Bonchev–Trinajstić information content (AvgIpc) is 3.59. The second-order valence-electron chi connectivity index (χ2n) is 12.3. The van der Waals surface area contributed by atoms with Crippen molar-refractivity contribution in [2.75, 3.05) is 16.8 Å². The summed E-state index contributed by atoms with van der Waals surface area (Å²) in [5.41, 5.74) is 16.8. The van der Waals surface area contributed by atoms with Crippen molar-refractivity contribution in [1.82, 2.24) is 0 Å². The molecule has 6 aromatic rings. The van der Waals surface area contributed by atoms with Gasteiger partial charge < -0.3 is 9.80 Å². The van der Waals surface area contributed by atoms with Crippen LogP contribution in [-0.4, -0.2) is 7.05 Å². The van der Waals surface area contributed by atoms with Crippen LogP contribution in [0.25, 0.3) is 27.8 Å². The van der Waals surface area contributed by atoms with E-state index < -0.39 is 0 Å². The number of benzene rings is 6. The van der Waals surface area contributed by atoms with Crippen molar-refractivity contribution in [3.63, 3.8) is 0 Å². The number of fused-ring (bicyclic) bond motifs is 11. The Hall–Kier alpha value is -5.86. The Balaban J connectivity index is 1.28. The third-order valence-electron chi connectivity index (χ3n) is 10.0. The maximum atomic E-state index is 4.47. The highest BCUT2D eigenvalue weighted by atomic mass is 15.2. The number of hydrogen-bond donors (Lipinski definition) is 0. The largest absolute Gasteiger partial charge is 0.343 e. The molecule has 0 atom stereocenters. The molecule has 46 heavy (non-hydrogen) atoms. The maximum absolute atomic E-state index is 4.47. The number of hydrogen-bond acceptors (Lipinski definition) is 2. The fourth-order valence-corrected chi connectivity index (χ4v) is 8.02. The summed E-state index contributed by atoms with van der Waals surface area (Å²) < 4.78 is 0. The van der Waals surface area contributed by atoms with Crippen molar-refractivity contribution < 1.29 is 0 Å². The lowest BCUT2D eigenvalue weighted by atomic mass is 9.70. The highest BCUT2D eigenvalue weighted by molar-refractivity contribution is 5.99. The molecule has 6 aromatic carbocycles. The van der Waals surface area contributed by atoms with E-state index in [1.54, 1.807) is 0 Å². The smallest absolute Gasteiger partial charge is 0.0726 e. The normalized spacial score (nSPS) is 16.7. The highest BCUT2D eigenvalue weighted by Gasteiger charge is 2.52. The topological polar surface area (TPSA) is 6.48 Å². The van der Waals surface area contributed by atoms with E-state index in [4.69, 9.17) is 0 Å². The molecule has 0 unspecified atom stereocenters. The van der Waals surface area contributed by atoms with E-state index in [-0.39, 0.29) is 5.41 Å². The summed E-state index contributed by atoms with van der Waals surface area (Å²) in [5, 5.41) is 0. The van der Waals surface area contributed by atoms with E-state index in [1.807, 2.05) is 0 Å². The van der Waals surface area contributed by atoms with Gasteiger partial charge >= 0.3 is 0 Å². The number of likely N-dealkylation sites (N-methyl/N-ethyl adjacent to an activating group) is 1. The first kappa shape index (κ1) is 26.5. The molecule has 1 aliphatic heterocycles. The van der Waals surface area contributed by atoms with Gasteiger partial charge in [-0.15, -0.1) is 0 Å². The molecule has 0 bridgehead atoms. The number of rotatable bonds is 3. The first-order valence-electron chi connectivity index (χ1n) is 15.9. The Morgan fingerprint density at radius 3 is 1.76 bits per heavy atom. The molecular weight excluding hydrogens is 556 g/mol. The van der Waals surface area contributed by atoms with Gasteiger partial charge in [0.2, 0.25) is 0 Å². The number of para-hydroxylation sites is 2. The summed E-state index contributed by atoms with van der Waals surface area (Å²) in [7, 11) is 2.19.